The van der Waals surface area contributed by atoms with Crippen LogP contribution in [0.2, 0.25) is 0 Å². The molecule has 0 saturated heterocycles. The predicted octanol–water partition coefficient (Wildman–Crippen LogP) is 3.23. The lowest BCUT2D eigenvalue weighted by Crippen LogP contribution is -2.39. The van der Waals surface area contributed by atoms with Crippen molar-refractivity contribution in [3.63, 3.8) is 0 Å². The quantitative estimate of drug-likeness (QED) is 0.810. The van der Waals surface area contributed by atoms with Crippen molar-refractivity contribution in [1.82, 2.24) is 14.7 Å². The van der Waals surface area contributed by atoms with E-state index in [1.54, 1.807) is 30.2 Å². The Morgan fingerprint density at radius 2 is 2.21 bits per heavy atom. The number of carbonyl (C=O) groups excluding carboxylic acids is 1. The van der Waals surface area contributed by atoms with Gasteiger partial charge in [-0.15, -0.1) is 0 Å². The van der Waals surface area contributed by atoms with E-state index in [2.05, 4.69) is 11.2 Å². The van der Waals surface area contributed by atoms with Crippen molar-refractivity contribution in [2.24, 2.45) is 0 Å². The van der Waals surface area contributed by atoms with Gasteiger partial charge in [-0.2, -0.15) is 10.4 Å². The van der Waals surface area contributed by atoms with Crippen LogP contribution < -0.4 is 0 Å². The fourth-order valence-corrected chi connectivity index (χ4v) is 3.23. The molecule has 1 aromatic carbocycles. The first kappa shape index (κ1) is 16.2. The van der Waals surface area contributed by atoms with Crippen molar-refractivity contribution in [2.75, 3.05) is 6.54 Å². The summed E-state index contributed by atoms with van der Waals surface area (Å²) in [5.74, 6) is -0.533. The van der Waals surface area contributed by atoms with Crippen LogP contribution in [0.1, 0.15) is 41.7 Å². The maximum absolute atomic E-state index is 13.4. The Morgan fingerprint density at radius 1 is 1.46 bits per heavy atom. The van der Waals surface area contributed by atoms with Crippen molar-refractivity contribution in [3.05, 3.63) is 47.5 Å². The minimum absolute atomic E-state index is 0.0775. The van der Waals surface area contributed by atoms with Crippen LogP contribution in [0.25, 0.3) is 5.69 Å². The second-order valence-electron chi connectivity index (χ2n) is 6.08. The largest absolute Gasteiger partial charge is 0.322 e. The molecular weight excluding hydrogens is 307 g/mol. The second-order valence-corrected chi connectivity index (χ2v) is 6.08. The van der Waals surface area contributed by atoms with Gasteiger partial charge in [-0.25, -0.2) is 9.07 Å². The van der Waals surface area contributed by atoms with Gasteiger partial charge in [-0.05, 0) is 38.0 Å². The smallest absolute Gasteiger partial charge is 0.258 e. The topological polar surface area (TPSA) is 61.9 Å². The van der Waals surface area contributed by atoms with E-state index in [4.69, 9.17) is 5.26 Å². The molecule has 124 valence electrons. The fraction of sp³-hybridized carbons (Fsp3) is 0.389. The van der Waals surface area contributed by atoms with Gasteiger partial charge in [0, 0.05) is 12.2 Å². The summed E-state index contributed by atoms with van der Waals surface area (Å²) < 4.78 is 14.9. The van der Waals surface area contributed by atoms with Crippen LogP contribution in [-0.2, 0) is 0 Å². The highest BCUT2D eigenvalue weighted by Crippen LogP contribution is 2.25. The van der Waals surface area contributed by atoms with Gasteiger partial charge in [0.15, 0.2) is 0 Å². The number of hydrogen-bond acceptors (Lipinski definition) is 3. The number of nitriles is 1. The van der Waals surface area contributed by atoms with Crippen LogP contribution in [0.5, 0.6) is 0 Å². The highest BCUT2D eigenvalue weighted by Gasteiger charge is 2.29. The second kappa shape index (κ2) is 6.83. The Labute approximate surface area is 140 Å². The van der Waals surface area contributed by atoms with Gasteiger partial charge < -0.3 is 4.90 Å². The number of aryl methyl sites for hydroxylation is 1. The molecule has 24 heavy (non-hydrogen) atoms. The maximum Gasteiger partial charge on any atom is 0.258 e. The van der Waals surface area contributed by atoms with Crippen LogP contribution in [0.15, 0.2) is 30.5 Å². The van der Waals surface area contributed by atoms with Gasteiger partial charge in [0.05, 0.1) is 23.0 Å². The Balaban J connectivity index is 1.90. The van der Waals surface area contributed by atoms with Gasteiger partial charge in [0.1, 0.15) is 12.4 Å². The van der Waals surface area contributed by atoms with E-state index in [-0.39, 0.29) is 24.3 Å². The molecule has 0 atom stereocenters. The lowest BCUT2D eigenvalue weighted by molar-refractivity contribution is 0.0708. The van der Waals surface area contributed by atoms with Crippen molar-refractivity contribution in [1.29, 1.82) is 5.26 Å². The SMILES string of the molecule is Cc1nn(-c2cccc(F)c2)cc1C(=O)N(CC#N)C1CCCC1. The molecule has 1 aliphatic rings. The van der Waals surface area contributed by atoms with Crippen LogP contribution >= 0.6 is 0 Å². The van der Waals surface area contributed by atoms with Crippen LogP contribution in [0.4, 0.5) is 4.39 Å². The molecule has 0 bridgehead atoms. The van der Waals surface area contributed by atoms with Crippen molar-refractivity contribution >= 4 is 5.91 Å². The molecule has 0 radical (unpaired) electrons. The van der Waals surface area contributed by atoms with Crippen molar-refractivity contribution in [2.45, 2.75) is 38.6 Å². The van der Waals surface area contributed by atoms with Gasteiger partial charge in [0.25, 0.3) is 5.91 Å². The number of aromatic nitrogens is 2. The predicted molar refractivity (Wildman–Crippen MR) is 87.2 cm³/mol. The number of halogens is 1. The average molecular weight is 326 g/mol. The van der Waals surface area contributed by atoms with E-state index in [1.165, 1.54) is 16.8 Å². The first-order valence-electron chi connectivity index (χ1n) is 8.10. The first-order valence-corrected chi connectivity index (χ1v) is 8.10. The van der Waals surface area contributed by atoms with Gasteiger partial charge in [-0.3, -0.25) is 4.79 Å². The third-order valence-electron chi connectivity index (χ3n) is 4.47. The highest BCUT2D eigenvalue weighted by molar-refractivity contribution is 5.95. The summed E-state index contributed by atoms with van der Waals surface area (Å²) in [6.07, 6.45) is 5.66. The van der Waals surface area contributed by atoms with Crippen LogP contribution in [-0.4, -0.2) is 33.2 Å². The van der Waals surface area contributed by atoms with Crippen LogP contribution in [0.3, 0.4) is 0 Å². The summed E-state index contributed by atoms with van der Waals surface area (Å²) in [4.78, 5) is 14.5. The number of benzene rings is 1. The zero-order valence-corrected chi connectivity index (χ0v) is 13.6. The normalized spacial score (nSPS) is 14.5. The molecule has 0 aliphatic heterocycles. The molecular formula is C18H19FN4O. The molecule has 1 amide bonds. The molecule has 3 rings (SSSR count). The molecule has 1 aliphatic carbocycles. The molecule has 1 aromatic heterocycles. The van der Waals surface area contributed by atoms with E-state index in [9.17, 15) is 9.18 Å². The maximum atomic E-state index is 13.4. The molecule has 1 saturated carbocycles. The van der Waals surface area contributed by atoms with E-state index < -0.39 is 0 Å². The molecule has 0 N–H and O–H groups in total. The molecule has 5 nitrogen and oxygen atoms in total. The van der Waals surface area contributed by atoms with Gasteiger partial charge >= 0.3 is 0 Å². The molecule has 0 spiro atoms. The molecule has 2 aromatic rings. The third kappa shape index (κ3) is 3.16. The summed E-state index contributed by atoms with van der Waals surface area (Å²) >= 11 is 0. The summed E-state index contributed by atoms with van der Waals surface area (Å²) in [6.45, 7) is 1.83. The number of nitrogens with zero attached hydrogens (tertiary/aromatic N) is 4. The minimum atomic E-state index is -0.356. The summed E-state index contributed by atoms with van der Waals surface area (Å²) in [7, 11) is 0. The van der Waals surface area contributed by atoms with Crippen molar-refractivity contribution in [3.8, 4) is 11.8 Å². The number of hydrogen-bond donors (Lipinski definition) is 0. The van der Waals surface area contributed by atoms with E-state index in [0.717, 1.165) is 25.7 Å². The van der Waals surface area contributed by atoms with E-state index >= 15 is 0 Å². The fourth-order valence-electron chi connectivity index (χ4n) is 3.23. The zero-order chi connectivity index (χ0) is 17.1. The third-order valence-corrected chi connectivity index (χ3v) is 4.47. The lowest BCUT2D eigenvalue weighted by atomic mass is 10.1. The van der Waals surface area contributed by atoms with Gasteiger partial charge in [0.2, 0.25) is 0 Å². The van der Waals surface area contributed by atoms with E-state index in [1.807, 2.05) is 0 Å². The summed E-state index contributed by atoms with van der Waals surface area (Å²) in [5, 5.41) is 13.4. The minimum Gasteiger partial charge on any atom is -0.322 e. The molecule has 1 heterocycles. The standard InChI is InChI=1S/C18H19FN4O/c1-13-17(12-23(21-13)16-8-4-5-14(19)11-16)18(24)22(10-9-20)15-6-2-3-7-15/h4-5,8,11-12,15H,2-3,6-7,10H2,1H3. The summed E-state index contributed by atoms with van der Waals surface area (Å²) in [5.41, 5.74) is 1.59. The molecule has 6 heteroatoms. The Bertz CT molecular complexity index is 787. The average Bonchev–Trinajstić information content (AvgIpc) is 3.21. The Kier molecular flexibility index (Phi) is 4.61. The molecule has 1 fully saturated rings. The van der Waals surface area contributed by atoms with Crippen LogP contribution in [0, 0.1) is 24.1 Å². The zero-order valence-electron chi connectivity index (χ0n) is 13.6. The number of amides is 1. The monoisotopic (exact) mass is 326 g/mol. The van der Waals surface area contributed by atoms with Crippen molar-refractivity contribution < 1.29 is 9.18 Å². The Morgan fingerprint density at radius 3 is 2.88 bits per heavy atom. The summed E-state index contributed by atoms with van der Waals surface area (Å²) in [6, 6.07) is 8.27. The van der Waals surface area contributed by atoms with Gasteiger partial charge in [-0.1, -0.05) is 18.9 Å². The Hall–Kier alpha value is -2.68. The lowest BCUT2D eigenvalue weighted by Gasteiger charge is -2.26. The molecule has 0 unspecified atom stereocenters. The first-order chi connectivity index (χ1) is 11.6. The highest BCUT2D eigenvalue weighted by atomic mass is 19.1. The van der Waals surface area contributed by atoms with E-state index in [0.29, 0.717) is 16.9 Å². The number of rotatable bonds is 4. The number of carbonyl (C=O) groups is 1.